The topological polar surface area (TPSA) is 57.4 Å². The Kier molecular flexibility index (Phi) is 6.79. The SMILES string of the molecule is COc1cc(CNCCc2ccc(F)cc2)ccc1OCc1ccc2c(c1)n(C)c(=O)n2C. The largest absolute Gasteiger partial charge is 0.493 e. The molecule has 0 saturated carbocycles. The molecule has 0 radical (unpaired) electrons. The number of methoxy groups -OCH3 is 1. The van der Waals surface area contributed by atoms with E-state index in [9.17, 15) is 9.18 Å². The summed E-state index contributed by atoms with van der Waals surface area (Å²) in [6.07, 6.45) is 0.829. The number of ether oxygens (including phenoxy) is 2. The van der Waals surface area contributed by atoms with Crippen LogP contribution in [0.5, 0.6) is 11.5 Å². The first-order chi connectivity index (χ1) is 16.0. The minimum absolute atomic E-state index is 0.0494. The van der Waals surface area contributed by atoms with Gasteiger partial charge in [-0.1, -0.05) is 24.3 Å². The number of benzene rings is 3. The van der Waals surface area contributed by atoms with Gasteiger partial charge in [0, 0.05) is 20.6 Å². The summed E-state index contributed by atoms with van der Waals surface area (Å²) in [4.78, 5) is 12.1. The van der Waals surface area contributed by atoms with Gasteiger partial charge in [-0.3, -0.25) is 9.13 Å². The van der Waals surface area contributed by atoms with Crippen LogP contribution >= 0.6 is 0 Å². The van der Waals surface area contributed by atoms with E-state index in [4.69, 9.17) is 9.47 Å². The van der Waals surface area contributed by atoms with Gasteiger partial charge in [0.05, 0.1) is 18.1 Å². The molecule has 6 nitrogen and oxygen atoms in total. The van der Waals surface area contributed by atoms with Crippen LogP contribution < -0.4 is 20.5 Å². The van der Waals surface area contributed by atoms with Gasteiger partial charge in [-0.05, 0) is 66.1 Å². The van der Waals surface area contributed by atoms with Gasteiger partial charge in [0.1, 0.15) is 12.4 Å². The number of nitrogens with zero attached hydrogens (tertiary/aromatic N) is 2. The second-order valence-corrected chi connectivity index (χ2v) is 8.05. The van der Waals surface area contributed by atoms with Crippen LogP contribution in [0, 0.1) is 5.82 Å². The van der Waals surface area contributed by atoms with Gasteiger partial charge >= 0.3 is 5.69 Å². The average Bonchev–Trinajstić information content (AvgIpc) is 3.05. The Morgan fingerprint density at radius 3 is 2.30 bits per heavy atom. The molecule has 172 valence electrons. The molecule has 0 bridgehead atoms. The van der Waals surface area contributed by atoms with Crippen LogP contribution in [-0.4, -0.2) is 22.8 Å². The Hall–Kier alpha value is -3.58. The third kappa shape index (κ3) is 5.09. The molecule has 1 heterocycles. The van der Waals surface area contributed by atoms with E-state index in [2.05, 4.69) is 5.32 Å². The van der Waals surface area contributed by atoms with Gasteiger partial charge in [0.2, 0.25) is 0 Å². The lowest BCUT2D eigenvalue weighted by Crippen LogP contribution is -2.19. The summed E-state index contributed by atoms with van der Waals surface area (Å²) in [7, 11) is 5.16. The fourth-order valence-corrected chi connectivity index (χ4v) is 3.86. The maximum Gasteiger partial charge on any atom is 0.328 e. The number of nitrogens with one attached hydrogen (secondary N) is 1. The van der Waals surface area contributed by atoms with Crippen molar-refractivity contribution in [1.82, 2.24) is 14.5 Å². The fourth-order valence-electron chi connectivity index (χ4n) is 3.86. The van der Waals surface area contributed by atoms with E-state index in [0.29, 0.717) is 24.7 Å². The van der Waals surface area contributed by atoms with Crippen LogP contribution in [0.15, 0.2) is 65.5 Å². The lowest BCUT2D eigenvalue weighted by Gasteiger charge is -2.13. The molecule has 3 aromatic carbocycles. The minimum Gasteiger partial charge on any atom is -0.493 e. The van der Waals surface area contributed by atoms with Crippen molar-refractivity contribution in [1.29, 1.82) is 0 Å². The third-order valence-corrected chi connectivity index (χ3v) is 5.79. The summed E-state index contributed by atoms with van der Waals surface area (Å²) in [6.45, 7) is 1.85. The molecule has 33 heavy (non-hydrogen) atoms. The Labute approximate surface area is 192 Å². The molecule has 0 aliphatic carbocycles. The number of hydrogen-bond acceptors (Lipinski definition) is 4. The molecule has 7 heteroatoms. The van der Waals surface area contributed by atoms with Crippen molar-refractivity contribution < 1.29 is 13.9 Å². The Bertz CT molecular complexity index is 1310. The molecular formula is C26H28FN3O3. The van der Waals surface area contributed by atoms with Crippen molar-refractivity contribution in [3.63, 3.8) is 0 Å². The molecule has 0 unspecified atom stereocenters. The van der Waals surface area contributed by atoms with Gasteiger partial charge in [0.25, 0.3) is 0 Å². The summed E-state index contributed by atoms with van der Waals surface area (Å²) < 4.78 is 27.8. The summed E-state index contributed by atoms with van der Waals surface area (Å²) >= 11 is 0. The van der Waals surface area contributed by atoms with Crippen molar-refractivity contribution in [2.75, 3.05) is 13.7 Å². The molecule has 1 N–H and O–H groups in total. The highest BCUT2D eigenvalue weighted by molar-refractivity contribution is 5.76. The predicted octanol–water partition coefficient (Wildman–Crippen LogP) is 3.94. The van der Waals surface area contributed by atoms with Gasteiger partial charge < -0.3 is 14.8 Å². The molecule has 4 aromatic rings. The van der Waals surface area contributed by atoms with E-state index in [1.54, 1.807) is 42.5 Å². The second-order valence-electron chi connectivity index (χ2n) is 8.05. The van der Waals surface area contributed by atoms with Crippen LogP contribution in [0.2, 0.25) is 0 Å². The highest BCUT2D eigenvalue weighted by Crippen LogP contribution is 2.29. The van der Waals surface area contributed by atoms with Crippen molar-refractivity contribution in [3.05, 3.63) is 93.7 Å². The zero-order valence-electron chi connectivity index (χ0n) is 19.1. The fraction of sp³-hybridized carbons (Fsp3) is 0.269. The molecule has 0 amide bonds. The van der Waals surface area contributed by atoms with E-state index in [1.165, 1.54) is 12.1 Å². The van der Waals surface area contributed by atoms with Crippen molar-refractivity contribution >= 4 is 11.0 Å². The Morgan fingerprint density at radius 1 is 0.848 bits per heavy atom. The lowest BCUT2D eigenvalue weighted by molar-refractivity contribution is 0.284. The number of aryl methyl sites for hydroxylation is 2. The summed E-state index contributed by atoms with van der Waals surface area (Å²) in [5, 5.41) is 3.40. The molecule has 0 aliphatic heterocycles. The highest BCUT2D eigenvalue weighted by atomic mass is 19.1. The van der Waals surface area contributed by atoms with Crippen LogP contribution in [0.25, 0.3) is 11.0 Å². The molecule has 4 rings (SSSR count). The van der Waals surface area contributed by atoms with E-state index in [0.717, 1.165) is 40.7 Å². The predicted molar refractivity (Wildman–Crippen MR) is 127 cm³/mol. The molecule has 1 aromatic heterocycles. The van der Waals surface area contributed by atoms with Crippen LogP contribution in [0.3, 0.4) is 0 Å². The number of imidazole rings is 1. The van der Waals surface area contributed by atoms with E-state index in [-0.39, 0.29) is 11.5 Å². The van der Waals surface area contributed by atoms with E-state index < -0.39 is 0 Å². The number of halogens is 1. The van der Waals surface area contributed by atoms with E-state index in [1.807, 2.05) is 36.4 Å². The molecular weight excluding hydrogens is 421 g/mol. The van der Waals surface area contributed by atoms with Crippen molar-refractivity contribution in [2.45, 2.75) is 19.6 Å². The minimum atomic E-state index is -0.215. The average molecular weight is 450 g/mol. The highest BCUT2D eigenvalue weighted by Gasteiger charge is 2.10. The maximum absolute atomic E-state index is 13.0. The number of hydrogen-bond donors (Lipinski definition) is 1. The molecule has 0 atom stereocenters. The summed E-state index contributed by atoms with van der Waals surface area (Å²) in [5.41, 5.74) is 4.86. The summed E-state index contributed by atoms with van der Waals surface area (Å²) in [5.74, 6) is 1.11. The van der Waals surface area contributed by atoms with Crippen LogP contribution in [0.1, 0.15) is 16.7 Å². The molecule has 0 spiro atoms. The molecule has 0 saturated heterocycles. The molecule has 0 aliphatic rings. The van der Waals surface area contributed by atoms with Crippen LogP contribution in [0.4, 0.5) is 4.39 Å². The number of fused-ring (bicyclic) bond motifs is 1. The zero-order valence-corrected chi connectivity index (χ0v) is 19.1. The Balaban J connectivity index is 1.35. The van der Waals surface area contributed by atoms with Crippen molar-refractivity contribution in [3.8, 4) is 11.5 Å². The third-order valence-electron chi connectivity index (χ3n) is 5.79. The first-order valence-corrected chi connectivity index (χ1v) is 10.9. The first-order valence-electron chi connectivity index (χ1n) is 10.9. The van der Waals surface area contributed by atoms with Crippen LogP contribution in [-0.2, 0) is 33.7 Å². The standard InChI is InChI=1S/C26H28FN3O3/c1-29-22-10-6-20(14-23(22)30(2)26(29)31)17-33-24-11-7-19(15-25(24)32-3)16-28-13-12-18-4-8-21(27)9-5-18/h4-11,14-15,28H,12-13,16-17H2,1-3H3. The summed E-state index contributed by atoms with van der Waals surface area (Å²) in [6, 6.07) is 18.3. The van der Waals surface area contributed by atoms with E-state index >= 15 is 0 Å². The van der Waals surface area contributed by atoms with Gasteiger partial charge in [0.15, 0.2) is 11.5 Å². The zero-order chi connectivity index (χ0) is 23.4. The maximum atomic E-state index is 13.0. The van der Waals surface area contributed by atoms with Gasteiger partial charge in [-0.15, -0.1) is 0 Å². The second kappa shape index (κ2) is 9.92. The van der Waals surface area contributed by atoms with Gasteiger partial charge in [-0.2, -0.15) is 0 Å². The monoisotopic (exact) mass is 449 g/mol. The lowest BCUT2D eigenvalue weighted by atomic mass is 10.1. The number of aromatic nitrogens is 2. The van der Waals surface area contributed by atoms with Gasteiger partial charge in [-0.25, -0.2) is 9.18 Å². The smallest absolute Gasteiger partial charge is 0.328 e. The molecule has 0 fully saturated rings. The van der Waals surface area contributed by atoms with Crippen molar-refractivity contribution in [2.24, 2.45) is 14.1 Å². The number of rotatable bonds is 9. The quantitative estimate of drug-likeness (QED) is 0.394. The normalized spacial score (nSPS) is 11.2. The Morgan fingerprint density at radius 2 is 1.55 bits per heavy atom. The first kappa shape index (κ1) is 22.6.